The molecule has 3 rings (SSSR count). The van der Waals surface area contributed by atoms with Crippen molar-refractivity contribution in [3.8, 4) is 0 Å². The molecule has 0 unspecified atom stereocenters. The Kier molecular flexibility index (Phi) is 6.69. The minimum Gasteiger partial charge on any atom is -0.465 e. The maximum atomic E-state index is 12.9. The van der Waals surface area contributed by atoms with Crippen LogP contribution in [-0.4, -0.2) is 37.1 Å². The number of hydrogen-bond donors (Lipinski definition) is 0. The molecule has 1 aliphatic heterocycles. The van der Waals surface area contributed by atoms with E-state index in [0.29, 0.717) is 12.5 Å². The first-order chi connectivity index (χ1) is 12.2. The van der Waals surface area contributed by atoms with Crippen LogP contribution in [0.4, 0.5) is 0 Å². The van der Waals surface area contributed by atoms with Crippen molar-refractivity contribution in [2.75, 3.05) is 26.2 Å². The molecule has 0 aromatic heterocycles. The summed E-state index contributed by atoms with van der Waals surface area (Å²) in [6.07, 6.45) is 10.4. The molecule has 0 amide bonds. The number of carbonyl (C=O) groups is 1. The van der Waals surface area contributed by atoms with Crippen LogP contribution in [0, 0.1) is 11.8 Å². The summed E-state index contributed by atoms with van der Waals surface area (Å²) in [6, 6.07) is 10.1. The van der Waals surface area contributed by atoms with E-state index in [4.69, 9.17) is 4.74 Å². The molecule has 0 radical (unpaired) electrons. The Labute approximate surface area is 152 Å². The lowest BCUT2D eigenvalue weighted by Gasteiger charge is -2.27. The fourth-order valence-corrected chi connectivity index (χ4v) is 4.11. The summed E-state index contributed by atoms with van der Waals surface area (Å²) in [5.74, 6) is 0.422. The Morgan fingerprint density at radius 2 is 1.96 bits per heavy atom. The van der Waals surface area contributed by atoms with E-state index in [0.717, 1.165) is 31.4 Å². The Bertz CT molecular complexity index is 563. The van der Waals surface area contributed by atoms with E-state index in [2.05, 4.69) is 36.1 Å². The summed E-state index contributed by atoms with van der Waals surface area (Å²) < 4.78 is 5.78. The molecule has 1 heterocycles. The molecular formula is C22H31NO2. The van der Waals surface area contributed by atoms with E-state index in [1.807, 2.05) is 18.2 Å². The first kappa shape index (κ1) is 18.2. The number of nitrogens with zero attached hydrogens (tertiary/aromatic N) is 1. The van der Waals surface area contributed by atoms with Crippen LogP contribution in [0.15, 0.2) is 42.5 Å². The SMILES string of the molecule is C[C@H](COC(=O)[C@@H](c1ccccc1)[C@H]1C=CCCC1)CN1CCCC1. The zero-order valence-electron chi connectivity index (χ0n) is 15.4. The van der Waals surface area contributed by atoms with Gasteiger partial charge in [-0.3, -0.25) is 4.79 Å². The van der Waals surface area contributed by atoms with E-state index in [1.54, 1.807) is 0 Å². The fourth-order valence-electron chi connectivity index (χ4n) is 4.11. The average molecular weight is 341 g/mol. The average Bonchev–Trinajstić information content (AvgIpc) is 3.15. The number of allylic oxidation sites excluding steroid dienone is 2. The zero-order valence-corrected chi connectivity index (χ0v) is 15.4. The number of ether oxygens (including phenoxy) is 1. The van der Waals surface area contributed by atoms with Crippen molar-refractivity contribution < 1.29 is 9.53 Å². The van der Waals surface area contributed by atoms with Gasteiger partial charge in [0, 0.05) is 12.5 Å². The van der Waals surface area contributed by atoms with Crippen molar-refractivity contribution in [3.63, 3.8) is 0 Å². The van der Waals surface area contributed by atoms with Crippen molar-refractivity contribution in [1.82, 2.24) is 4.90 Å². The second-order valence-corrected chi connectivity index (χ2v) is 7.65. The maximum absolute atomic E-state index is 12.9. The molecule has 25 heavy (non-hydrogen) atoms. The van der Waals surface area contributed by atoms with E-state index in [9.17, 15) is 4.79 Å². The third-order valence-corrected chi connectivity index (χ3v) is 5.41. The largest absolute Gasteiger partial charge is 0.465 e. The lowest BCUT2D eigenvalue weighted by Crippen LogP contribution is -2.30. The van der Waals surface area contributed by atoms with Crippen LogP contribution in [0.25, 0.3) is 0 Å². The number of hydrogen-bond acceptors (Lipinski definition) is 3. The van der Waals surface area contributed by atoms with Gasteiger partial charge in [0.1, 0.15) is 0 Å². The lowest BCUT2D eigenvalue weighted by atomic mass is 9.80. The number of rotatable bonds is 7. The molecule has 2 aliphatic rings. The van der Waals surface area contributed by atoms with Crippen LogP contribution in [0.1, 0.15) is 50.5 Å². The summed E-state index contributed by atoms with van der Waals surface area (Å²) in [4.78, 5) is 15.4. The van der Waals surface area contributed by atoms with Gasteiger partial charge in [-0.25, -0.2) is 0 Å². The normalized spacial score (nSPS) is 23.3. The van der Waals surface area contributed by atoms with Crippen LogP contribution in [0.5, 0.6) is 0 Å². The van der Waals surface area contributed by atoms with Crippen LogP contribution < -0.4 is 0 Å². The second kappa shape index (κ2) is 9.19. The Morgan fingerprint density at radius 1 is 1.20 bits per heavy atom. The Hall–Kier alpha value is -1.61. The second-order valence-electron chi connectivity index (χ2n) is 7.65. The molecule has 0 N–H and O–H groups in total. The smallest absolute Gasteiger partial charge is 0.314 e. The summed E-state index contributed by atoms with van der Waals surface area (Å²) in [6.45, 7) is 6.13. The molecular weight excluding hydrogens is 310 g/mol. The fraction of sp³-hybridized carbons (Fsp3) is 0.591. The van der Waals surface area contributed by atoms with Gasteiger partial charge >= 0.3 is 5.97 Å². The van der Waals surface area contributed by atoms with Crippen molar-refractivity contribution in [1.29, 1.82) is 0 Å². The summed E-state index contributed by atoms with van der Waals surface area (Å²) in [5.41, 5.74) is 1.08. The molecule has 1 saturated heterocycles. The molecule has 0 spiro atoms. The minimum atomic E-state index is -0.170. The maximum Gasteiger partial charge on any atom is 0.314 e. The topological polar surface area (TPSA) is 29.5 Å². The number of carbonyl (C=O) groups excluding carboxylic acids is 1. The molecule has 1 fully saturated rings. The van der Waals surface area contributed by atoms with Gasteiger partial charge in [-0.1, -0.05) is 49.4 Å². The van der Waals surface area contributed by atoms with Gasteiger partial charge in [0.2, 0.25) is 0 Å². The van der Waals surface area contributed by atoms with Crippen molar-refractivity contribution in [3.05, 3.63) is 48.0 Å². The Morgan fingerprint density at radius 3 is 2.64 bits per heavy atom. The van der Waals surface area contributed by atoms with Gasteiger partial charge in [0.15, 0.2) is 0 Å². The summed E-state index contributed by atoms with van der Waals surface area (Å²) in [7, 11) is 0. The van der Waals surface area contributed by atoms with Crippen molar-refractivity contribution in [2.45, 2.75) is 44.9 Å². The van der Waals surface area contributed by atoms with Crippen LogP contribution in [0.2, 0.25) is 0 Å². The van der Waals surface area contributed by atoms with Crippen LogP contribution in [0.3, 0.4) is 0 Å². The molecule has 1 aromatic rings. The summed E-state index contributed by atoms with van der Waals surface area (Å²) in [5, 5.41) is 0. The number of benzene rings is 1. The molecule has 0 bridgehead atoms. The summed E-state index contributed by atoms with van der Waals surface area (Å²) >= 11 is 0. The third kappa shape index (κ3) is 5.18. The quantitative estimate of drug-likeness (QED) is 0.544. The van der Waals surface area contributed by atoms with Gasteiger partial charge in [0.25, 0.3) is 0 Å². The highest BCUT2D eigenvalue weighted by Crippen LogP contribution is 2.33. The molecule has 1 aliphatic carbocycles. The highest BCUT2D eigenvalue weighted by molar-refractivity contribution is 5.79. The van der Waals surface area contributed by atoms with Gasteiger partial charge in [-0.15, -0.1) is 0 Å². The van der Waals surface area contributed by atoms with Crippen LogP contribution >= 0.6 is 0 Å². The van der Waals surface area contributed by atoms with Gasteiger partial charge < -0.3 is 9.64 Å². The first-order valence-electron chi connectivity index (χ1n) is 9.84. The van der Waals surface area contributed by atoms with Crippen molar-refractivity contribution >= 4 is 5.97 Å². The van der Waals surface area contributed by atoms with E-state index < -0.39 is 0 Å². The number of likely N-dealkylation sites (tertiary alicyclic amines) is 1. The standard InChI is InChI=1S/C22H31NO2/c1-18(16-23-14-8-9-15-23)17-25-22(24)21(19-10-4-2-5-11-19)20-12-6-3-7-13-20/h2,4-6,10-12,18,20-21H,3,7-9,13-17H2,1H3/t18-,20-,21-/m0/s1. The predicted octanol–water partition coefficient (Wildman–Crippen LogP) is 4.40. The molecule has 136 valence electrons. The van der Waals surface area contributed by atoms with Gasteiger partial charge in [0.05, 0.1) is 12.5 Å². The van der Waals surface area contributed by atoms with E-state index in [-0.39, 0.29) is 17.8 Å². The van der Waals surface area contributed by atoms with Gasteiger partial charge in [-0.05, 0) is 56.7 Å². The molecule has 3 heteroatoms. The van der Waals surface area contributed by atoms with E-state index in [1.165, 1.54) is 25.9 Å². The minimum absolute atomic E-state index is 0.0592. The monoisotopic (exact) mass is 341 g/mol. The highest BCUT2D eigenvalue weighted by atomic mass is 16.5. The first-order valence-corrected chi connectivity index (χ1v) is 9.84. The van der Waals surface area contributed by atoms with Crippen LogP contribution in [-0.2, 0) is 9.53 Å². The van der Waals surface area contributed by atoms with E-state index >= 15 is 0 Å². The van der Waals surface area contributed by atoms with Gasteiger partial charge in [-0.2, -0.15) is 0 Å². The number of esters is 1. The molecule has 3 nitrogen and oxygen atoms in total. The lowest BCUT2D eigenvalue weighted by molar-refractivity contribution is -0.148. The predicted molar refractivity (Wildman–Crippen MR) is 101 cm³/mol. The zero-order chi connectivity index (χ0) is 17.5. The highest BCUT2D eigenvalue weighted by Gasteiger charge is 2.30. The molecule has 3 atom stereocenters. The third-order valence-electron chi connectivity index (χ3n) is 5.41. The molecule has 1 aromatic carbocycles. The molecule has 0 saturated carbocycles. The van der Waals surface area contributed by atoms with Crippen molar-refractivity contribution in [2.24, 2.45) is 11.8 Å². The Balaban J connectivity index is 1.60.